The molecule has 1 amide bonds. The van der Waals surface area contributed by atoms with Crippen LogP contribution in [0.25, 0.3) is 0 Å². The molecule has 1 atom stereocenters. The van der Waals surface area contributed by atoms with Gasteiger partial charge in [-0.25, -0.2) is 0 Å². The Balaban J connectivity index is 2.38. The molecule has 0 aromatic heterocycles. The van der Waals surface area contributed by atoms with Crippen molar-refractivity contribution in [1.29, 1.82) is 0 Å². The van der Waals surface area contributed by atoms with Crippen LogP contribution in [0.2, 0.25) is 0 Å². The van der Waals surface area contributed by atoms with E-state index in [2.05, 4.69) is 11.8 Å². The van der Waals surface area contributed by atoms with Crippen molar-refractivity contribution in [3.05, 3.63) is 0 Å². The molecule has 1 aliphatic heterocycles. The van der Waals surface area contributed by atoms with Crippen LogP contribution in [0.3, 0.4) is 0 Å². The molecule has 1 rings (SSSR count). The van der Waals surface area contributed by atoms with Crippen LogP contribution in [-0.2, 0) is 4.79 Å². The molecule has 14 heavy (non-hydrogen) atoms. The molecule has 4 nitrogen and oxygen atoms in total. The molecule has 4 heteroatoms. The van der Waals surface area contributed by atoms with Crippen LogP contribution < -0.4 is 5.73 Å². The molecule has 0 radical (unpaired) electrons. The first-order valence-electron chi connectivity index (χ1n) is 5.30. The number of amides is 1. The fraction of sp³-hybridized carbons (Fsp3) is 0.900. The number of rotatable bonds is 3. The number of carbonyl (C=O) groups excluding carboxylic acids is 1. The lowest BCUT2D eigenvalue weighted by molar-refractivity contribution is -0.129. The van der Waals surface area contributed by atoms with Crippen molar-refractivity contribution in [3.8, 4) is 0 Å². The van der Waals surface area contributed by atoms with Crippen molar-refractivity contribution in [2.45, 2.75) is 13.3 Å². The highest BCUT2D eigenvalue weighted by Gasteiger charge is 2.18. The van der Waals surface area contributed by atoms with Gasteiger partial charge in [0.25, 0.3) is 0 Å². The van der Waals surface area contributed by atoms with Gasteiger partial charge in [-0.15, -0.1) is 0 Å². The summed E-state index contributed by atoms with van der Waals surface area (Å²) in [5, 5.41) is 0. The fourth-order valence-corrected chi connectivity index (χ4v) is 1.67. The average Bonchev–Trinajstić information content (AvgIpc) is 2.33. The number of hydrogen-bond donors (Lipinski definition) is 1. The van der Waals surface area contributed by atoms with Crippen LogP contribution in [0.5, 0.6) is 0 Å². The van der Waals surface area contributed by atoms with Gasteiger partial charge in [0, 0.05) is 39.6 Å². The molecule has 0 aromatic rings. The van der Waals surface area contributed by atoms with Crippen molar-refractivity contribution in [2.24, 2.45) is 11.7 Å². The van der Waals surface area contributed by atoms with E-state index in [-0.39, 0.29) is 5.91 Å². The molecular weight excluding hydrogens is 178 g/mol. The van der Waals surface area contributed by atoms with Gasteiger partial charge < -0.3 is 15.5 Å². The lowest BCUT2D eigenvalue weighted by Crippen LogP contribution is -2.34. The molecule has 0 aliphatic carbocycles. The Labute approximate surface area is 86.0 Å². The van der Waals surface area contributed by atoms with Gasteiger partial charge in [0.05, 0.1) is 0 Å². The Bertz CT molecular complexity index is 196. The van der Waals surface area contributed by atoms with E-state index in [1.54, 1.807) is 0 Å². The van der Waals surface area contributed by atoms with Gasteiger partial charge in [-0.3, -0.25) is 4.79 Å². The van der Waals surface area contributed by atoms with Gasteiger partial charge in [0.1, 0.15) is 0 Å². The molecule has 0 aromatic carbocycles. The van der Waals surface area contributed by atoms with Gasteiger partial charge in [-0.1, -0.05) is 6.92 Å². The van der Waals surface area contributed by atoms with E-state index in [1.807, 2.05) is 11.9 Å². The molecule has 1 saturated heterocycles. The van der Waals surface area contributed by atoms with Crippen molar-refractivity contribution >= 4 is 5.91 Å². The highest BCUT2D eigenvalue weighted by molar-refractivity contribution is 5.76. The smallest absolute Gasteiger partial charge is 0.223 e. The van der Waals surface area contributed by atoms with Gasteiger partial charge in [0.15, 0.2) is 0 Å². The third-order valence-corrected chi connectivity index (χ3v) is 2.79. The molecule has 1 unspecified atom stereocenters. The van der Waals surface area contributed by atoms with Gasteiger partial charge in [-0.2, -0.15) is 0 Å². The minimum atomic E-state index is 0.257. The molecule has 1 aliphatic rings. The van der Waals surface area contributed by atoms with Crippen LogP contribution in [0.15, 0.2) is 0 Å². The first kappa shape index (κ1) is 11.5. The summed E-state index contributed by atoms with van der Waals surface area (Å²) >= 11 is 0. The van der Waals surface area contributed by atoms with Crippen molar-refractivity contribution in [1.82, 2.24) is 9.80 Å². The number of carbonyl (C=O) groups is 1. The van der Waals surface area contributed by atoms with E-state index in [1.165, 1.54) is 0 Å². The van der Waals surface area contributed by atoms with Crippen LogP contribution >= 0.6 is 0 Å². The molecule has 2 N–H and O–H groups in total. The standard InChI is InChI=1S/C10H21N3O/c1-9(7-11)8-13-4-3-10(14)12(2)5-6-13/h9H,3-8,11H2,1-2H3. The van der Waals surface area contributed by atoms with Crippen LogP contribution in [0.4, 0.5) is 0 Å². The summed E-state index contributed by atoms with van der Waals surface area (Å²) in [6.45, 7) is 6.59. The van der Waals surface area contributed by atoms with Crippen LogP contribution in [0, 0.1) is 5.92 Å². The second-order valence-corrected chi connectivity index (χ2v) is 4.21. The zero-order chi connectivity index (χ0) is 10.6. The number of hydrogen-bond acceptors (Lipinski definition) is 3. The lowest BCUT2D eigenvalue weighted by Gasteiger charge is -2.22. The molecule has 1 fully saturated rings. The quantitative estimate of drug-likeness (QED) is 0.681. The van der Waals surface area contributed by atoms with Gasteiger partial charge in [-0.05, 0) is 12.5 Å². The maximum atomic E-state index is 11.4. The molecule has 0 saturated carbocycles. The summed E-state index contributed by atoms with van der Waals surface area (Å²) in [6.07, 6.45) is 0.647. The second-order valence-electron chi connectivity index (χ2n) is 4.21. The number of nitrogens with two attached hydrogens (primary N) is 1. The van der Waals surface area contributed by atoms with Crippen LogP contribution in [-0.4, -0.2) is 55.5 Å². The third kappa shape index (κ3) is 3.27. The largest absolute Gasteiger partial charge is 0.344 e. The average molecular weight is 199 g/mol. The number of nitrogens with zero attached hydrogens (tertiary/aromatic N) is 2. The predicted octanol–water partition coefficient (Wildman–Crippen LogP) is -0.255. The summed E-state index contributed by atoms with van der Waals surface area (Å²) in [5.41, 5.74) is 5.58. The zero-order valence-corrected chi connectivity index (χ0v) is 9.20. The summed E-state index contributed by atoms with van der Waals surface area (Å²) in [7, 11) is 1.87. The Kier molecular flexibility index (Phi) is 4.35. The Hall–Kier alpha value is -0.610. The molecule has 1 heterocycles. The highest BCUT2D eigenvalue weighted by Crippen LogP contribution is 2.05. The van der Waals surface area contributed by atoms with E-state index < -0.39 is 0 Å². The van der Waals surface area contributed by atoms with Crippen molar-refractivity contribution in [2.75, 3.05) is 39.8 Å². The summed E-state index contributed by atoms with van der Waals surface area (Å²) in [4.78, 5) is 15.5. The van der Waals surface area contributed by atoms with E-state index in [0.29, 0.717) is 12.3 Å². The van der Waals surface area contributed by atoms with E-state index >= 15 is 0 Å². The van der Waals surface area contributed by atoms with E-state index in [0.717, 1.165) is 32.7 Å². The van der Waals surface area contributed by atoms with Crippen LogP contribution in [0.1, 0.15) is 13.3 Å². The van der Waals surface area contributed by atoms with Gasteiger partial charge in [0.2, 0.25) is 5.91 Å². The minimum Gasteiger partial charge on any atom is -0.344 e. The monoisotopic (exact) mass is 199 g/mol. The summed E-state index contributed by atoms with van der Waals surface area (Å²) in [6, 6.07) is 0. The van der Waals surface area contributed by atoms with Crippen molar-refractivity contribution < 1.29 is 4.79 Å². The fourth-order valence-electron chi connectivity index (χ4n) is 1.67. The van der Waals surface area contributed by atoms with Gasteiger partial charge >= 0.3 is 0 Å². The molecule has 0 bridgehead atoms. The maximum absolute atomic E-state index is 11.4. The molecule has 0 spiro atoms. The van der Waals surface area contributed by atoms with Crippen molar-refractivity contribution in [3.63, 3.8) is 0 Å². The predicted molar refractivity (Wildman–Crippen MR) is 56.9 cm³/mol. The SMILES string of the molecule is CC(CN)CN1CCC(=O)N(C)CC1. The normalized spacial score (nSPS) is 22.2. The van der Waals surface area contributed by atoms with E-state index in [9.17, 15) is 4.79 Å². The maximum Gasteiger partial charge on any atom is 0.223 e. The Morgan fingerprint density at radius 1 is 1.43 bits per heavy atom. The second kappa shape index (κ2) is 5.32. The van der Waals surface area contributed by atoms with E-state index in [4.69, 9.17) is 5.73 Å². The lowest BCUT2D eigenvalue weighted by atomic mass is 10.1. The third-order valence-electron chi connectivity index (χ3n) is 2.79. The number of likely N-dealkylation sites (N-methyl/N-ethyl adjacent to an activating group) is 1. The highest BCUT2D eigenvalue weighted by atomic mass is 16.2. The minimum absolute atomic E-state index is 0.257. The topological polar surface area (TPSA) is 49.6 Å². The Morgan fingerprint density at radius 3 is 2.79 bits per heavy atom. The molecule has 82 valence electrons. The first-order valence-corrected chi connectivity index (χ1v) is 5.30. The summed E-state index contributed by atoms with van der Waals surface area (Å²) in [5.74, 6) is 0.779. The first-order chi connectivity index (χ1) is 6.63. The molecular formula is C10H21N3O. The zero-order valence-electron chi connectivity index (χ0n) is 9.20. The summed E-state index contributed by atoms with van der Waals surface area (Å²) < 4.78 is 0. The Morgan fingerprint density at radius 2 is 2.14 bits per heavy atom.